The minimum absolute atomic E-state index is 0.965. The van der Waals surface area contributed by atoms with Gasteiger partial charge in [0.2, 0.25) is 0 Å². The van der Waals surface area contributed by atoms with Crippen molar-refractivity contribution in [2.45, 2.75) is 12.5 Å². The van der Waals surface area contributed by atoms with Gasteiger partial charge in [-0.05, 0) is 13.0 Å². The van der Waals surface area contributed by atoms with Crippen LogP contribution in [0.2, 0.25) is 0 Å². The van der Waals surface area contributed by atoms with E-state index in [9.17, 15) is 8.42 Å². The van der Waals surface area contributed by atoms with Gasteiger partial charge in [-0.15, -0.1) is 6.42 Å². The summed E-state index contributed by atoms with van der Waals surface area (Å²) in [6, 6.07) is 0. The quantitative estimate of drug-likeness (QED) is 0.375. The van der Waals surface area contributed by atoms with Gasteiger partial charge in [-0.1, -0.05) is 5.92 Å². The van der Waals surface area contributed by atoms with Crippen LogP contribution in [0.25, 0.3) is 0 Å². The summed E-state index contributed by atoms with van der Waals surface area (Å²) in [6.07, 6.45) is 6.33. The molecule has 0 aromatic heterocycles. The minimum atomic E-state index is -3.49. The Balaban J connectivity index is 3.03. The molecule has 1 aliphatic heterocycles. The van der Waals surface area contributed by atoms with Gasteiger partial charge < -0.3 is 0 Å². The molecule has 1 unspecified atom stereocenters. The molecule has 4 heteroatoms. The molecule has 10 heavy (non-hydrogen) atoms. The third-order valence-electron chi connectivity index (χ3n) is 1.13. The first-order valence-corrected chi connectivity index (χ1v) is 4.07. The van der Waals surface area contributed by atoms with Crippen LogP contribution in [0.4, 0.5) is 0 Å². The topological polar surface area (TPSA) is 43.4 Å². The largest absolute Gasteiger partial charge is 0.291 e. The van der Waals surface area contributed by atoms with Crippen molar-refractivity contribution in [2.24, 2.45) is 0 Å². The molecule has 0 amide bonds. The van der Waals surface area contributed by atoms with Crippen molar-refractivity contribution in [3.63, 3.8) is 0 Å². The van der Waals surface area contributed by atoms with Crippen LogP contribution in [-0.4, -0.2) is 14.0 Å². The summed E-state index contributed by atoms with van der Waals surface area (Å²) >= 11 is 0. The third kappa shape index (κ3) is 1.20. The fraction of sp³-hybridized carbons (Fsp3) is 0.333. The number of terminal acetylenes is 1. The standard InChI is InChI=1S/C6H6O3S/c1-3-6(2)4-5-10(7,8)9-6/h1,4-5H,2H3. The Morgan fingerprint density at radius 3 is 2.50 bits per heavy atom. The molecule has 0 bridgehead atoms. The summed E-state index contributed by atoms with van der Waals surface area (Å²) in [4.78, 5) is 0. The van der Waals surface area contributed by atoms with E-state index in [1.165, 1.54) is 13.0 Å². The maximum absolute atomic E-state index is 10.6. The van der Waals surface area contributed by atoms with Gasteiger partial charge in [0.1, 0.15) is 0 Å². The normalized spacial score (nSPS) is 35.6. The molecule has 0 aromatic carbocycles. The zero-order valence-electron chi connectivity index (χ0n) is 5.37. The zero-order valence-corrected chi connectivity index (χ0v) is 6.18. The summed E-state index contributed by atoms with van der Waals surface area (Å²) in [6.45, 7) is 1.51. The molecule has 0 fully saturated rings. The van der Waals surface area contributed by atoms with E-state index in [0.717, 1.165) is 5.41 Å². The Morgan fingerprint density at radius 2 is 2.30 bits per heavy atom. The van der Waals surface area contributed by atoms with Gasteiger partial charge in [-0.3, -0.25) is 0 Å². The average Bonchev–Trinajstić information content (AvgIpc) is 2.08. The predicted molar refractivity (Wildman–Crippen MR) is 36.4 cm³/mol. The molecular weight excluding hydrogens is 152 g/mol. The number of rotatable bonds is 0. The van der Waals surface area contributed by atoms with Crippen LogP contribution >= 0.6 is 0 Å². The molecule has 0 saturated heterocycles. The van der Waals surface area contributed by atoms with Crippen LogP contribution in [0.5, 0.6) is 0 Å². The van der Waals surface area contributed by atoms with Crippen molar-refractivity contribution in [3.05, 3.63) is 11.5 Å². The van der Waals surface area contributed by atoms with Crippen molar-refractivity contribution in [1.82, 2.24) is 0 Å². The first-order valence-electron chi connectivity index (χ1n) is 2.60. The third-order valence-corrected chi connectivity index (χ3v) is 2.18. The first-order chi connectivity index (χ1) is 4.47. The molecule has 0 saturated carbocycles. The van der Waals surface area contributed by atoms with Gasteiger partial charge in [-0.2, -0.15) is 8.42 Å². The Hall–Kier alpha value is -0.790. The Labute approximate surface area is 59.8 Å². The maximum atomic E-state index is 10.6. The first kappa shape index (κ1) is 7.32. The van der Waals surface area contributed by atoms with Crippen molar-refractivity contribution < 1.29 is 12.6 Å². The summed E-state index contributed by atoms with van der Waals surface area (Å²) in [5.41, 5.74) is -1.07. The molecule has 0 aliphatic carbocycles. The Bertz CT molecular complexity index is 306. The lowest BCUT2D eigenvalue weighted by atomic mass is 10.1. The van der Waals surface area contributed by atoms with E-state index in [-0.39, 0.29) is 0 Å². The van der Waals surface area contributed by atoms with E-state index < -0.39 is 15.7 Å². The van der Waals surface area contributed by atoms with Gasteiger partial charge in [0.05, 0.1) is 5.41 Å². The predicted octanol–water partition coefficient (Wildman–Crippen LogP) is 0.252. The van der Waals surface area contributed by atoms with Crippen LogP contribution < -0.4 is 0 Å². The highest BCUT2D eigenvalue weighted by Crippen LogP contribution is 2.22. The van der Waals surface area contributed by atoms with Gasteiger partial charge in [-0.25, -0.2) is 4.18 Å². The van der Waals surface area contributed by atoms with Crippen LogP contribution in [0.15, 0.2) is 11.5 Å². The van der Waals surface area contributed by atoms with E-state index in [1.54, 1.807) is 0 Å². The van der Waals surface area contributed by atoms with Gasteiger partial charge in [0.25, 0.3) is 10.1 Å². The second-order valence-corrected chi connectivity index (χ2v) is 3.55. The average molecular weight is 158 g/mol. The van der Waals surface area contributed by atoms with Crippen LogP contribution in [0, 0.1) is 12.3 Å². The highest BCUT2D eigenvalue weighted by molar-refractivity contribution is 7.90. The fourth-order valence-electron chi connectivity index (χ4n) is 0.582. The summed E-state index contributed by atoms with van der Waals surface area (Å²) in [7, 11) is -3.49. The van der Waals surface area contributed by atoms with Gasteiger partial charge in [0, 0.05) is 0 Å². The minimum Gasteiger partial charge on any atom is -0.243 e. The van der Waals surface area contributed by atoms with Crippen molar-refractivity contribution in [3.8, 4) is 12.3 Å². The molecule has 1 heterocycles. The summed E-state index contributed by atoms with van der Waals surface area (Å²) < 4.78 is 25.7. The Kier molecular flexibility index (Phi) is 1.35. The molecular formula is C6H6O3S. The molecule has 1 rings (SSSR count). The van der Waals surface area contributed by atoms with Crippen molar-refractivity contribution in [1.29, 1.82) is 0 Å². The molecule has 1 aliphatic rings. The molecule has 0 radical (unpaired) electrons. The molecule has 1 atom stereocenters. The fourth-order valence-corrected chi connectivity index (χ4v) is 1.65. The lowest BCUT2D eigenvalue weighted by Gasteiger charge is -2.10. The van der Waals surface area contributed by atoms with E-state index in [1.807, 2.05) is 0 Å². The zero-order chi connectivity index (χ0) is 7.83. The Morgan fingerprint density at radius 1 is 1.70 bits per heavy atom. The van der Waals surface area contributed by atoms with E-state index in [2.05, 4.69) is 10.1 Å². The van der Waals surface area contributed by atoms with Crippen molar-refractivity contribution in [2.75, 3.05) is 0 Å². The molecule has 3 nitrogen and oxygen atoms in total. The van der Waals surface area contributed by atoms with Crippen LogP contribution in [-0.2, 0) is 14.3 Å². The second kappa shape index (κ2) is 1.84. The van der Waals surface area contributed by atoms with Gasteiger partial charge in [0.15, 0.2) is 5.60 Å². The highest BCUT2D eigenvalue weighted by Gasteiger charge is 2.31. The lowest BCUT2D eigenvalue weighted by Crippen LogP contribution is -2.20. The molecule has 54 valence electrons. The van der Waals surface area contributed by atoms with E-state index in [4.69, 9.17) is 6.42 Å². The van der Waals surface area contributed by atoms with E-state index in [0.29, 0.717) is 0 Å². The number of hydrogen-bond donors (Lipinski definition) is 0. The van der Waals surface area contributed by atoms with Crippen LogP contribution in [0.3, 0.4) is 0 Å². The molecule has 0 N–H and O–H groups in total. The summed E-state index contributed by atoms with van der Waals surface area (Å²) in [5.74, 6) is 2.21. The summed E-state index contributed by atoms with van der Waals surface area (Å²) in [5, 5.41) is 0.965. The SMILES string of the molecule is C#CC1(C)C=CS(=O)(=O)O1. The molecule has 0 aromatic rings. The highest BCUT2D eigenvalue weighted by atomic mass is 32.2. The van der Waals surface area contributed by atoms with Crippen molar-refractivity contribution >= 4 is 10.1 Å². The maximum Gasteiger partial charge on any atom is 0.291 e. The van der Waals surface area contributed by atoms with Gasteiger partial charge >= 0.3 is 0 Å². The van der Waals surface area contributed by atoms with Crippen LogP contribution in [0.1, 0.15) is 6.92 Å². The monoisotopic (exact) mass is 158 g/mol. The number of hydrogen-bond acceptors (Lipinski definition) is 3. The smallest absolute Gasteiger partial charge is 0.243 e. The van der Waals surface area contributed by atoms with E-state index >= 15 is 0 Å². The molecule has 0 spiro atoms. The lowest BCUT2D eigenvalue weighted by molar-refractivity contribution is 0.225. The second-order valence-electron chi connectivity index (χ2n) is 2.13.